The quantitative estimate of drug-likeness (QED) is 0.735. The molecule has 1 saturated heterocycles. The summed E-state index contributed by atoms with van der Waals surface area (Å²) in [7, 11) is -3.40. The molecule has 1 heterocycles. The summed E-state index contributed by atoms with van der Waals surface area (Å²) in [6.45, 7) is 8.57. The number of nitrogens with zero attached hydrogens (tertiary/aromatic N) is 1. The number of sulfone groups is 1. The molecule has 1 unspecified atom stereocenters. The maximum Gasteiger partial charge on any atom is 0.251 e. The lowest BCUT2D eigenvalue weighted by atomic mass is 9.86. The number of nitrogens with one attached hydrogen (secondary N) is 1. The standard InChI is InChI=1S/C22H32N2O5S/c1-15(23-20(26)16-8-10-18(11-9-16)22(2,3)4)21(27)24-12-6-7-17(13-24)19(25)14-30(5,28)29/h8-11,15,17H,6-7,12-14H2,1-5H3,(H,23,26)/t15-,17?/m1/s1. The van der Waals surface area contributed by atoms with Crippen LogP contribution in [0, 0.1) is 5.92 Å². The monoisotopic (exact) mass is 436 g/mol. The van der Waals surface area contributed by atoms with Gasteiger partial charge in [-0.2, -0.15) is 0 Å². The normalized spacial score (nSPS) is 18.6. The topological polar surface area (TPSA) is 101 Å². The van der Waals surface area contributed by atoms with Crippen molar-refractivity contribution in [2.24, 2.45) is 5.92 Å². The molecular weight excluding hydrogens is 404 g/mol. The van der Waals surface area contributed by atoms with Gasteiger partial charge in [0, 0.05) is 30.8 Å². The predicted molar refractivity (Wildman–Crippen MR) is 116 cm³/mol. The van der Waals surface area contributed by atoms with Crippen molar-refractivity contribution in [3.05, 3.63) is 35.4 Å². The SMILES string of the molecule is C[C@@H](NC(=O)c1ccc(C(C)(C)C)cc1)C(=O)N1CCCC(C(=O)CS(C)(=O)=O)C1. The summed E-state index contributed by atoms with van der Waals surface area (Å²) < 4.78 is 22.8. The summed E-state index contributed by atoms with van der Waals surface area (Å²) in [5, 5.41) is 2.72. The second kappa shape index (κ2) is 9.29. The van der Waals surface area contributed by atoms with Gasteiger partial charge in [0.25, 0.3) is 5.91 Å². The molecule has 0 saturated carbocycles. The highest BCUT2D eigenvalue weighted by molar-refractivity contribution is 7.91. The zero-order chi connectivity index (χ0) is 22.7. The molecule has 2 atom stereocenters. The summed E-state index contributed by atoms with van der Waals surface area (Å²) in [6, 6.07) is 6.55. The number of ketones is 1. The van der Waals surface area contributed by atoms with Crippen LogP contribution in [-0.2, 0) is 24.8 Å². The highest BCUT2D eigenvalue weighted by Crippen LogP contribution is 2.22. The van der Waals surface area contributed by atoms with Gasteiger partial charge in [-0.25, -0.2) is 8.42 Å². The zero-order valence-corrected chi connectivity index (χ0v) is 19.2. The van der Waals surface area contributed by atoms with Gasteiger partial charge in [-0.1, -0.05) is 32.9 Å². The number of carbonyl (C=O) groups is 3. The fourth-order valence-corrected chi connectivity index (χ4v) is 4.31. The molecule has 30 heavy (non-hydrogen) atoms. The second-order valence-corrected chi connectivity index (χ2v) is 11.3. The number of carbonyl (C=O) groups excluding carboxylic acids is 3. The molecule has 2 rings (SSSR count). The lowest BCUT2D eigenvalue weighted by Gasteiger charge is -2.33. The van der Waals surface area contributed by atoms with Crippen molar-refractivity contribution in [3.63, 3.8) is 0 Å². The molecule has 1 aliphatic heterocycles. The van der Waals surface area contributed by atoms with Gasteiger partial charge in [0.05, 0.1) is 0 Å². The van der Waals surface area contributed by atoms with E-state index in [4.69, 9.17) is 0 Å². The Balaban J connectivity index is 1.97. The van der Waals surface area contributed by atoms with Crippen molar-refractivity contribution in [2.45, 2.75) is 52.0 Å². The number of piperidine rings is 1. The van der Waals surface area contributed by atoms with Crippen LogP contribution in [0.3, 0.4) is 0 Å². The van der Waals surface area contributed by atoms with E-state index in [9.17, 15) is 22.8 Å². The van der Waals surface area contributed by atoms with Crippen LogP contribution in [-0.4, -0.2) is 62.1 Å². The van der Waals surface area contributed by atoms with Crippen LogP contribution < -0.4 is 5.32 Å². The maximum absolute atomic E-state index is 12.8. The van der Waals surface area contributed by atoms with Crippen molar-refractivity contribution < 1.29 is 22.8 Å². The molecule has 7 nitrogen and oxygen atoms in total. The average Bonchev–Trinajstić information content (AvgIpc) is 2.65. The molecule has 0 spiro atoms. The Morgan fingerprint density at radius 1 is 1.17 bits per heavy atom. The van der Waals surface area contributed by atoms with Crippen LogP contribution in [0.25, 0.3) is 0 Å². The zero-order valence-electron chi connectivity index (χ0n) is 18.4. The number of amides is 2. The Kier molecular flexibility index (Phi) is 7.45. The smallest absolute Gasteiger partial charge is 0.251 e. The second-order valence-electron chi connectivity index (χ2n) is 9.18. The Hall–Kier alpha value is -2.22. The molecule has 8 heteroatoms. The number of rotatable bonds is 6. The van der Waals surface area contributed by atoms with Crippen LogP contribution >= 0.6 is 0 Å². The summed E-state index contributed by atoms with van der Waals surface area (Å²) >= 11 is 0. The predicted octanol–water partition coefficient (Wildman–Crippen LogP) is 1.95. The first-order chi connectivity index (χ1) is 13.8. The minimum absolute atomic E-state index is 0.0163. The molecule has 166 valence electrons. The third-order valence-corrected chi connectivity index (χ3v) is 6.13. The first kappa shape index (κ1) is 24.1. The minimum Gasteiger partial charge on any atom is -0.341 e. The lowest BCUT2D eigenvalue weighted by Crippen LogP contribution is -2.51. The van der Waals surface area contributed by atoms with Gasteiger partial charge in [0.2, 0.25) is 5.91 Å². The first-order valence-corrected chi connectivity index (χ1v) is 12.2. The van der Waals surface area contributed by atoms with E-state index in [1.807, 2.05) is 12.1 Å². The molecule has 0 radical (unpaired) electrons. The minimum atomic E-state index is -3.40. The van der Waals surface area contributed by atoms with Crippen molar-refractivity contribution in [1.29, 1.82) is 0 Å². The van der Waals surface area contributed by atoms with E-state index in [1.54, 1.807) is 24.0 Å². The summed E-state index contributed by atoms with van der Waals surface area (Å²) in [5.74, 6) is -1.95. The molecule has 1 aliphatic rings. The van der Waals surface area contributed by atoms with E-state index in [2.05, 4.69) is 26.1 Å². The summed E-state index contributed by atoms with van der Waals surface area (Å²) in [6.07, 6.45) is 2.22. The van der Waals surface area contributed by atoms with Gasteiger partial charge in [-0.15, -0.1) is 0 Å². The number of Topliss-reactive ketones (excluding diaryl/α,β-unsaturated/α-hetero) is 1. The number of hydrogen-bond donors (Lipinski definition) is 1. The Morgan fingerprint density at radius 2 is 1.77 bits per heavy atom. The molecular formula is C22H32N2O5S. The van der Waals surface area contributed by atoms with Crippen molar-refractivity contribution in [1.82, 2.24) is 10.2 Å². The van der Waals surface area contributed by atoms with Gasteiger partial charge in [0.15, 0.2) is 15.6 Å². The third kappa shape index (κ3) is 6.65. The maximum atomic E-state index is 12.8. The molecule has 1 aromatic rings. The average molecular weight is 437 g/mol. The molecule has 2 amide bonds. The third-order valence-electron chi connectivity index (χ3n) is 5.32. The number of likely N-dealkylation sites (tertiary alicyclic amines) is 1. The fraction of sp³-hybridized carbons (Fsp3) is 0.591. The highest BCUT2D eigenvalue weighted by atomic mass is 32.2. The van der Waals surface area contributed by atoms with Gasteiger partial charge in [-0.3, -0.25) is 14.4 Å². The van der Waals surface area contributed by atoms with Gasteiger partial charge >= 0.3 is 0 Å². The molecule has 1 aromatic carbocycles. The molecule has 1 N–H and O–H groups in total. The molecule has 0 bridgehead atoms. The first-order valence-electron chi connectivity index (χ1n) is 10.2. The Bertz CT molecular complexity index is 900. The summed E-state index contributed by atoms with van der Waals surface area (Å²) in [5.41, 5.74) is 1.57. The fourth-order valence-electron chi connectivity index (χ4n) is 3.55. The molecule has 0 aromatic heterocycles. The van der Waals surface area contributed by atoms with Gasteiger partial charge < -0.3 is 10.2 Å². The van der Waals surface area contributed by atoms with Gasteiger partial charge in [-0.05, 0) is 42.9 Å². The lowest BCUT2D eigenvalue weighted by molar-refractivity contribution is -0.136. The van der Waals surface area contributed by atoms with Crippen LogP contribution in [0.2, 0.25) is 0 Å². The van der Waals surface area contributed by atoms with Crippen molar-refractivity contribution in [2.75, 3.05) is 25.1 Å². The van der Waals surface area contributed by atoms with Crippen LogP contribution in [0.1, 0.15) is 56.5 Å². The summed E-state index contributed by atoms with van der Waals surface area (Å²) in [4.78, 5) is 39.1. The molecule has 0 aliphatic carbocycles. The number of hydrogen-bond acceptors (Lipinski definition) is 5. The van der Waals surface area contributed by atoms with E-state index >= 15 is 0 Å². The van der Waals surface area contributed by atoms with E-state index in [1.165, 1.54) is 0 Å². The van der Waals surface area contributed by atoms with Crippen LogP contribution in [0.5, 0.6) is 0 Å². The van der Waals surface area contributed by atoms with E-state index in [-0.39, 0.29) is 29.6 Å². The van der Waals surface area contributed by atoms with Crippen molar-refractivity contribution >= 4 is 27.4 Å². The highest BCUT2D eigenvalue weighted by Gasteiger charge is 2.32. The molecule has 1 fully saturated rings. The Morgan fingerprint density at radius 3 is 2.30 bits per heavy atom. The van der Waals surface area contributed by atoms with E-state index in [0.29, 0.717) is 24.9 Å². The van der Waals surface area contributed by atoms with Gasteiger partial charge in [0.1, 0.15) is 11.8 Å². The van der Waals surface area contributed by atoms with E-state index < -0.39 is 27.5 Å². The largest absolute Gasteiger partial charge is 0.341 e. The van der Waals surface area contributed by atoms with Crippen LogP contribution in [0.4, 0.5) is 0 Å². The van der Waals surface area contributed by atoms with Crippen molar-refractivity contribution in [3.8, 4) is 0 Å². The van der Waals surface area contributed by atoms with Crippen LogP contribution in [0.15, 0.2) is 24.3 Å². The Labute approximate surface area is 179 Å². The van der Waals surface area contributed by atoms with E-state index in [0.717, 1.165) is 11.8 Å². The number of benzene rings is 1.